The lowest BCUT2D eigenvalue weighted by molar-refractivity contribution is -0.124. The van der Waals surface area contributed by atoms with Gasteiger partial charge in [-0.15, -0.1) is 11.3 Å². The second kappa shape index (κ2) is 7.51. The molecule has 22 heavy (non-hydrogen) atoms. The van der Waals surface area contributed by atoms with Crippen molar-refractivity contribution in [3.05, 3.63) is 56.4 Å². The van der Waals surface area contributed by atoms with Gasteiger partial charge in [-0.05, 0) is 36.6 Å². The largest absolute Gasteiger partial charge is 0.452 e. The maximum atomic E-state index is 13.5. The Morgan fingerprint density at radius 2 is 2.18 bits per heavy atom. The third-order valence-corrected chi connectivity index (χ3v) is 4.38. The molecule has 4 nitrogen and oxygen atoms in total. The molecule has 0 bridgehead atoms. The number of hydrogen-bond donors (Lipinski definition) is 1. The second-order valence-electron chi connectivity index (χ2n) is 4.50. The number of ether oxygens (including phenoxy) is 1. The molecule has 2 aromatic rings. The van der Waals surface area contributed by atoms with E-state index < -0.39 is 24.3 Å². The fourth-order valence-corrected chi connectivity index (χ4v) is 2.85. The van der Waals surface area contributed by atoms with Crippen molar-refractivity contribution in [1.29, 1.82) is 0 Å². The fraction of sp³-hybridized carbons (Fsp3) is 0.200. The van der Waals surface area contributed by atoms with Crippen LogP contribution in [0.3, 0.4) is 0 Å². The predicted octanol–water partition coefficient (Wildman–Crippen LogP) is 3.68. The highest BCUT2D eigenvalue weighted by atomic mass is 79.9. The summed E-state index contributed by atoms with van der Waals surface area (Å²) in [7, 11) is 0. The first-order valence-electron chi connectivity index (χ1n) is 6.42. The molecule has 1 aromatic carbocycles. The standard InChI is InChI=1S/C15H13BrFNO3S/c1-9(13-3-2-6-22-13)18-14(19)8-21-15(20)11-7-10(16)4-5-12(11)17/h2-7,9H,8H2,1H3,(H,18,19)/t9-/m1/s1. The van der Waals surface area contributed by atoms with Crippen molar-refractivity contribution in [2.75, 3.05) is 6.61 Å². The summed E-state index contributed by atoms with van der Waals surface area (Å²) in [6.07, 6.45) is 0. The molecular weight excluding hydrogens is 373 g/mol. The van der Waals surface area contributed by atoms with Crippen molar-refractivity contribution < 1.29 is 18.7 Å². The van der Waals surface area contributed by atoms with Gasteiger partial charge in [0.05, 0.1) is 11.6 Å². The lowest BCUT2D eigenvalue weighted by Crippen LogP contribution is -2.30. The van der Waals surface area contributed by atoms with E-state index in [2.05, 4.69) is 21.2 Å². The molecule has 0 aliphatic carbocycles. The van der Waals surface area contributed by atoms with E-state index >= 15 is 0 Å². The normalized spacial score (nSPS) is 11.8. The van der Waals surface area contributed by atoms with Crippen molar-refractivity contribution in [1.82, 2.24) is 5.32 Å². The zero-order chi connectivity index (χ0) is 16.1. The molecule has 2 rings (SSSR count). The van der Waals surface area contributed by atoms with E-state index in [1.807, 2.05) is 24.4 Å². The number of amides is 1. The average Bonchev–Trinajstić information content (AvgIpc) is 3.01. The van der Waals surface area contributed by atoms with Crippen LogP contribution in [0.15, 0.2) is 40.2 Å². The summed E-state index contributed by atoms with van der Waals surface area (Å²) in [5.74, 6) is -2.01. The fourth-order valence-electron chi connectivity index (χ4n) is 1.75. The van der Waals surface area contributed by atoms with Crippen LogP contribution in [0.5, 0.6) is 0 Å². The number of carbonyl (C=O) groups excluding carboxylic acids is 2. The summed E-state index contributed by atoms with van der Waals surface area (Å²) in [5, 5.41) is 4.62. The van der Waals surface area contributed by atoms with Crippen LogP contribution in [0.4, 0.5) is 4.39 Å². The quantitative estimate of drug-likeness (QED) is 0.798. The molecule has 1 amide bonds. The van der Waals surface area contributed by atoms with E-state index in [0.717, 1.165) is 10.9 Å². The minimum absolute atomic E-state index is 0.172. The van der Waals surface area contributed by atoms with E-state index in [9.17, 15) is 14.0 Å². The van der Waals surface area contributed by atoms with Gasteiger partial charge >= 0.3 is 5.97 Å². The van der Waals surface area contributed by atoms with Crippen LogP contribution in [-0.4, -0.2) is 18.5 Å². The van der Waals surface area contributed by atoms with E-state index in [1.54, 1.807) is 0 Å². The smallest absolute Gasteiger partial charge is 0.341 e. The van der Waals surface area contributed by atoms with Crippen molar-refractivity contribution in [3.8, 4) is 0 Å². The zero-order valence-corrected chi connectivity index (χ0v) is 14.0. The lowest BCUT2D eigenvalue weighted by atomic mass is 10.2. The Hall–Kier alpha value is -1.73. The van der Waals surface area contributed by atoms with Gasteiger partial charge in [0.15, 0.2) is 6.61 Å². The van der Waals surface area contributed by atoms with Gasteiger partial charge in [0.1, 0.15) is 5.82 Å². The Morgan fingerprint density at radius 1 is 1.41 bits per heavy atom. The third kappa shape index (κ3) is 4.38. The van der Waals surface area contributed by atoms with Crippen LogP contribution in [0.1, 0.15) is 28.2 Å². The lowest BCUT2D eigenvalue weighted by Gasteiger charge is -2.12. The maximum absolute atomic E-state index is 13.5. The highest BCUT2D eigenvalue weighted by Crippen LogP contribution is 2.18. The number of nitrogens with one attached hydrogen (secondary N) is 1. The Balaban J connectivity index is 1.88. The molecule has 0 saturated carbocycles. The Labute approximate surface area is 139 Å². The highest BCUT2D eigenvalue weighted by molar-refractivity contribution is 9.10. The first-order chi connectivity index (χ1) is 10.5. The monoisotopic (exact) mass is 385 g/mol. The summed E-state index contributed by atoms with van der Waals surface area (Å²) in [4.78, 5) is 24.5. The molecule has 0 aliphatic heterocycles. The molecule has 1 N–H and O–H groups in total. The molecule has 1 aromatic heterocycles. The average molecular weight is 386 g/mol. The van der Waals surface area contributed by atoms with Crippen molar-refractivity contribution in [3.63, 3.8) is 0 Å². The summed E-state index contributed by atoms with van der Waals surface area (Å²) in [6, 6.07) is 7.55. The van der Waals surface area contributed by atoms with E-state index in [1.165, 1.54) is 23.5 Å². The number of carbonyl (C=O) groups is 2. The molecule has 0 aliphatic rings. The molecule has 0 saturated heterocycles. The van der Waals surface area contributed by atoms with Gasteiger partial charge in [0, 0.05) is 9.35 Å². The molecule has 7 heteroatoms. The minimum atomic E-state index is -0.877. The van der Waals surface area contributed by atoms with E-state index in [0.29, 0.717) is 4.47 Å². The molecule has 1 atom stereocenters. The number of esters is 1. The zero-order valence-electron chi connectivity index (χ0n) is 11.6. The molecular formula is C15H13BrFNO3S. The van der Waals surface area contributed by atoms with Crippen molar-refractivity contribution in [2.24, 2.45) is 0 Å². The van der Waals surface area contributed by atoms with Gasteiger partial charge in [-0.2, -0.15) is 0 Å². The van der Waals surface area contributed by atoms with Crippen LogP contribution in [-0.2, 0) is 9.53 Å². The van der Waals surface area contributed by atoms with Gasteiger partial charge in [-0.3, -0.25) is 4.79 Å². The van der Waals surface area contributed by atoms with Crippen LogP contribution < -0.4 is 5.32 Å². The van der Waals surface area contributed by atoms with E-state index in [4.69, 9.17) is 4.74 Å². The number of rotatable bonds is 5. The summed E-state index contributed by atoms with van der Waals surface area (Å²) in [5.41, 5.74) is -0.214. The Kier molecular flexibility index (Phi) is 5.68. The van der Waals surface area contributed by atoms with Gasteiger partial charge in [0.25, 0.3) is 5.91 Å². The molecule has 0 radical (unpaired) electrons. The summed E-state index contributed by atoms with van der Waals surface area (Å²) < 4.78 is 18.9. The molecule has 0 unspecified atom stereocenters. The maximum Gasteiger partial charge on any atom is 0.341 e. The van der Waals surface area contributed by atoms with Crippen molar-refractivity contribution in [2.45, 2.75) is 13.0 Å². The topological polar surface area (TPSA) is 55.4 Å². The van der Waals surface area contributed by atoms with E-state index in [-0.39, 0.29) is 11.6 Å². The minimum Gasteiger partial charge on any atom is -0.452 e. The molecule has 0 fully saturated rings. The molecule has 0 spiro atoms. The summed E-state index contributed by atoms with van der Waals surface area (Å²) in [6.45, 7) is 1.38. The first kappa shape index (κ1) is 16.6. The van der Waals surface area contributed by atoms with Crippen molar-refractivity contribution >= 4 is 39.1 Å². The predicted molar refractivity (Wildman–Crippen MR) is 85.3 cm³/mol. The molecule has 116 valence electrons. The number of hydrogen-bond acceptors (Lipinski definition) is 4. The van der Waals surface area contributed by atoms with Crippen LogP contribution in [0.25, 0.3) is 0 Å². The highest BCUT2D eigenvalue weighted by Gasteiger charge is 2.16. The SMILES string of the molecule is C[C@@H](NC(=O)COC(=O)c1cc(Br)ccc1F)c1cccs1. The Bertz CT molecular complexity index is 675. The van der Waals surface area contributed by atoms with Gasteiger partial charge in [0.2, 0.25) is 0 Å². The summed E-state index contributed by atoms with van der Waals surface area (Å²) >= 11 is 4.67. The second-order valence-corrected chi connectivity index (χ2v) is 6.40. The first-order valence-corrected chi connectivity index (χ1v) is 8.09. The Morgan fingerprint density at radius 3 is 2.86 bits per heavy atom. The van der Waals surface area contributed by atoms with Gasteiger partial charge < -0.3 is 10.1 Å². The van der Waals surface area contributed by atoms with Gasteiger partial charge in [-0.1, -0.05) is 22.0 Å². The van der Waals surface area contributed by atoms with Crippen LogP contribution in [0.2, 0.25) is 0 Å². The van der Waals surface area contributed by atoms with Crippen LogP contribution in [0, 0.1) is 5.82 Å². The number of halogens is 2. The van der Waals surface area contributed by atoms with Crippen LogP contribution >= 0.6 is 27.3 Å². The molecule has 1 heterocycles. The number of benzene rings is 1. The number of thiophene rings is 1. The third-order valence-electron chi connectivity index (χ3n) is 2.83. The van der Waals surface area contributed by atoms with Gasteiger partial charge in [-0.25, -0.2) is 9.18 Å².